The second-order valence-corrected chi connectivity index (χ2v) is 6.47. The molecule has 1 saturated heterocycles. The minimum Gasteiger partial charge on any atom is -0.378 e. The van der Waals surface area contributed by atoms with Crippen molar-refractivity contribution in [2.75, 3.05) is 19.7 Å². The molecular weight excluding hydrogens is 224 g/mol. The predicted octanol–water partition coefficient (Wildman–Crippen LogP) is 2.39. The van der Waals surface area contributed by atoms with E-state index < -0.39 is 0 Å². The van der Waals surface area contributed by atoms with E-state index in [0.29, 0.717) is 12.1 Å². The Bertz CT molecular complexity index is 265. The molecule has 1 heterocycles. The molecule has 2 fully saturated rings. The highest BCUT2D eigenvalue weighted by molar-refractivity contribution is 4.99. The van der Waals surface area contributed by atoms with Gasteiger partial charge in [-0.3, -0.25) is 4.90 Å². The molecule has 0 aromatic heterocycles. The Labute approximate surface area is 112 Å². The first kappa shape index (κ1) is 14.3. The minimum absolute atomic E-state index is 0.190. The molecule has 1 aliphatic heterocycles. The molecule has 2 N–H and O–H groups in total. The Morgan fingerprint density at radius 3 is 2.61 bits per heavy atom. The van der Waals surface area contributed by atoms with Gasteiger partial charge >= 0.3 is 0 Å². The largest absolute Gasteiger partial charge is 0.378 e. The summed E-state index contributed by atoms with van der Waals surface area (Å²) in [4.78, 5) is 2.69. The zero-order valence-electron chi connectivity index (χ0n) is 12.3. The van der Waals surface area contributed by atoms with Crippen LogP contribution in [0, 0.1) is 5.92 Å². The van der Waals surface area contributed by atoms with Crippen molar-refractivity contribution in [2.24, 2.45) is 11.7 Å². The number of nitrogens with two attached hydrogens (primary N) is 1. The van der Waals surface area contributed by atoms with Crippen LogP contribution in [0.4, 0.5) is 0 Å². The van der Waals surface area contributed by atoms with E-state index in [1.54, 1.807) is 0 Å². The SMILES string of the molecule is CCC1CC(CN)(N(CC2CC2)C(C)C)CCO1. The van der Waals surface area contributed by atoms with E-state index >= 15 is 0 Å². The molecule has 0 amide bonds. The van der Waals surface area contributed by atoms with Crippen LogP contribution >= 0.6 is 0 Å². The van der Waals surface area contributed by atoms with Crippen molar-refractivity contribution in [1.82, 2.24) is 4.90 Å². The van der Waals surface area contributed by atoms with Crippen LogP contribution in [0.25, 0.3) is 0 Å². The number of rotatable bonds is 6. The predicted molar refractivity (Wildman–Crippen MR) is 75.6 cm³/mol. The van der Waals surface area contributed by atoms with Crippen LogP contribution in [-0.4, -0.2) is 42.3 Å². The fourth-order valence-electron chi connectivity index (χ4n) is 3.36. The molecule has 2 unspecified atom stereocenters. The van der Waals surface area contributed by atoms with Gasteiger partial charge in [0.1, 0.15) is 0 Å². The van der Waals surface area contributed by atoms with Crippen molar-refractivity contribution in [3.63, 3.8) is 0 Å². The summed E-state index contributed by atoms with van der Waals surface area (Å²) in [7, 11) is 0. The number of nitrogens with zero attached hydrogens (tertiary/aromatic N) is 1. The van der Waals surface area contributed by atoms with Crippen molar-refractivity contribution in [2.45, 2.75) is 70.6 Å². The first-order chi connectivity index (χ1) is 8.61. The first-order valence-corrected chi connectivity index (χ1v) is 7.69. The lowest BCUT2D eigenvalue weighted by atomic mass is 9.83. The fourth-order valence-corrected chi connectivity index (χ4v) is 3.36. The second-order valence-electron chi connectivity index (χ2n) is 6.47. The van der Waals surface area contributed by atoms with Crippen LogP contribution in [0.2, 0.25) is 0 Å². The van der Waals surface area contributed by atoms with E-state index in [2.05, 4.69) is 25.7 Å². The summed E-state index contributed by atoms with van der Waals surface area (Å²) in [6.45, 7) is 9.75. The lowest BCUT2D eigenvalue weighted by Gasteiger charge is -2.50. The van der Waals surface area contributed by atoms with Gasteiger partial charge in [-0.25, -0.2) is 0 Å². The smallest absolute Gasteiger partial charge is 0.0590 e. The van der Waals surface area contributed by atoms with E-state index in [0.717, 1.165) is 38.3 Å². The van der Waals surface area contributed by atoms with Gasteiger partial charge < -0.3 is 10.5 Å². The first-order valence-electron chi connectivity index (χ1n) is 7.69. The third kappa shape index (κ3) is 3.06. The highest BCUT2D eigenvalue weighted by Gasteiger charge is 2.43. The molecule has 1 saturated carbocycles. The van der Waals surface area contributed by atoms with Crippen LogP contribution in [0.15, 0.2) is 0 Å². The summed E-state index contributed by atoms with van der Waals surface area (Å²) in [5.41, 5.74) is 6.38. The summed E-state index contributed by atoms with van der Waals surface area (Å²) in [6, 6.07) is 0.588. The molecule has 106 valence electrons. The molecular formula is C15H30N2O. The summed E-state index contributed by atoms with van der Waals surface area (Å²) < 4.78 is 5.85. The second kappa shape index (κ2) is 5.89. The van der Waals surface area contributed by atoms with Crippen molar-refractivity contribution in [3.8, 4) is 0 Å². The van der Waals surface area contributed by atoms with Crippen LogP contribution in [0.1, 0.15) is 52.9 Å². The maximum absolute atomic E-state index is 6.19. The molecule has 3 nitrogen and oxygen atoms in total. The number of hydrogen-bond donors (Lipinski definition) is 1. The van der Waals surface area contributed by atoms with E-state index in [-0.39, 0.29) is 5.54 Å². The zero-order valence-corrected chi connectivity index (χ0v) is 12.3. The molecule has 3 heteroatoms. The monoisotopic (exact) mass is 254 g/mol. The van der Waals surface area contributed by atoms with Gasteiger partial charge in [0.05, 0.1) is 6.10 Å². The van der Waals surface area contributed by atoms with Crippen LogP contribution in [-0.2, 0) is 4.74 Å². The summed E-state index contributed by atoms with van der Waals surface area (Å²) in [6.07, 6.45) is 6.56. The van der Waals surface area contributed by atoms with Crippen LogP contribution < -0.4 is 5.73 Å². The molecule has 18 heavy (non-hydrogen) atoms. The maximum Gasteiger partial charge on any atom is 0.0590 e. The highest BCUT2D eigenvalue weighted by Crippen LogP contribution is 2.37. The van der Waals surface area contributed by atoms with Crippen molar-refractivity contribution >= 4 is 0 Å². The van der Waals surface area contributed by atoms with E-state index in [9.17, 15) is 0 Å². The lowest BCUT2D eigenvalue weighted by Crippen LogP contribution is -2.61. The summed E-state index contributed by atoms with van der Waals surface area (Å²) in [5, 5.41) is 0. The Morgan fingerprint density at radius 2 is 2.11 bits per heavy atom. The third-order valence-electron chi connectivity index (χ3n) is 4.75. The Morgan fingerprint density at radius 1 is 1.39 bits per heavy atom. The van der Waals surface area contributed by atoms with Crippen LogP contribution in [0.3, 0.4) is 0 Å². The van der Waals surface area contributed by atoms with E-state index in [4.69, 9.17) is 10.5 Å². The molecule has 2 atom stereocenters. The minimum atomic E-state index is 0.190. The highest BCUT2D eigenvalue weighted by atomic mass is 16.5. The lowest BCUT2D eigenvalue weighted by molar-refractivity contribution is -0.0823. The molecule has 0 radical (unpaired) electrons. The van der Waals surface area contributed by atoms with Gasteiger partial charge in [0.15, 0.2) is 0 Å². The molecule has 0 spiro atoms. The topological polar surface area (TPSA) is 38.5 Å². The van der Waals surface area contributed by atoms with Gasteiger partial charge in [0, 0.05) is 31.3 Å². The average Bonchev–Trinajstić information content (AvgIpc) is 3.19. The molecule has 2 aliphatic rings. The van der Waals surface area contributed by atoms with Gasteiger partial charge in [-0.15, -0.1) is 0 Å². The van der Waals surface area contributed by atoms with Crippen LogP contribution in [0.5, 0.6) is 0 Å². The third-order valence-corrected chi connectivity index (χ3v) is 4.75. The standard InChI is InChI=1S/C15H30N2O/c1-4-14-9-15(11-16,7-8-18-14)17(12(2)3)10-13-5-6-13/h12-14H,4-11,16H2,1-3H3. The fraction of sp³-hybridized carbons (Fsp3) is 1.00. The summed E-state index contributed by atoms with van der Waals surface area (Å²) >= 11 is 0. The molecule has 2 rings (SSSR count). The van der Waals surface area contributed by atoms with Gasteiger partial charge in [-0.1, -0.05) is 6.92 Å². The van der Waals surface area contributed by atoms with Gasteiger partial charge in [0.2, 0.25) is 0 Å². The Hall–Kier alpha value is -0.120. The van der Waals surface area contributed by atoms with Gasteiger partial charge in [-0.05, 0) is 51.9 Å². The molecule has 0 aromatic carbocycles. The zero-order chi connectivity index (χ0) is 13.2. The Balaban J connectivity index is 2.10. The van der Waals surface area contributed by atoms with Crippen molar-refractivity contribution < 1.29 is 4.74 Å². The maximum atomic E-state index is 6.19. The van der Waals surface area contributed by atoms with E-state index in [1.165, 1.54) is 19.4 Å². The van der Waals surface area contributed by atoms with Crippen molar-refractivity contribution in [1.29, 1.82) is 0 Å². The van der Waals surface area contributed by atoms with Gasteiger partial charge in [-0.2, -0.15) is 0 Å². The molecule has 0 bridgehead atoms. The summed E-state index contributed by atoms with van der Waals surface area (Å²) in [5.74, 6) is 0.929. The number of hydrogen-bond acceptors (Lipinski definition) is 3. The average molecular weight is 254 g/mol. The Kier molecular flexibility index (Phi) is 4.68. The van der Waals surface area contributed by atoms with E-state index in [1.807, 2.05) is 0 Å². The van der Waals surface area contributed by atoms with Crippen molar-refractivity contribution in [3.05, 3.63) is 0 Å². The molecule has 0 aromatic rings. The molecule has 1 aliphatic carbocycles. The normalized spacial score (nSPS) is 33.3. The number of ether oxygens (including phenoxy) is 1. The quantitative estimate of drug-likeness (QED) is 0.791. The van der Waals surface area contributed by atoms with Gasteiger partial charge in [0.25, 0.3) is 0 Å².